The van der Waals surface area contributed by atoms with Crippen LogP contribution in [0.2, 0.25) is 0 Å². The van der Waals surface area contributed by atoms with Crippen molar-refractivity contribution in [3.05, 3.63) is 11.9 Å². The molecule has 1 aromatic rings. The molecule has 4 rings (SSSR count). The van der Waals surface area contributed by atoms with Crippen LogP contribution in [0.15, 0.2) is 6.20 Å². The van der Waals surface area contributed by atoms with Crippen LogP contribution in [-0.4, -0.2) is 46.9 Å². The maximum absolute atomic E-state index is 12.7. The highest BCUT2D eigenvalue weighted by Crippen LogP contribution is 2.49. The number of ether oxygens (including phenoxy) is 2. The third kappa shape index (κ3) is 1.50. The van der Waals surface area contributed by atoms with E-state index >= 15 is 0 Å². The standard InChI is InChI=1S/C14H15N3O5/c1-16-11(14(20)21-2)6(5-15-16)17-12(18)9-7-3-4-8(22-7)10(9)13(17)19/h5,7-10H,3-4H2,1-2H3/t7-,8+,9-,10-/m0/s1. The summed E-state index contributed by atoms with van der Waals surface area (Å²) in [5, 5.41) is 3.99. The molecule has 0 spiro atoms. The van der Waals surface area contributed by atoms with Gasteiger partial charge in [0.2, 0.25) is 11.8 Å². The molecule has 3 saturated heterocycles. The number of nitrogens with zero attached hydrogens (tertiary/aromatic N) is 3. The average Bonchev–Trinajstić information content (AvgIpc) is 3.23. The highest BCUT2D eigenvalue weighted by atomic mass is 16.5. The summed E-state index contributed by atoms with van der Waals surface area (Å²) in [6.07, 6.45) is 2.58. The molecule has 1 aromatic heterocycles. The summed E-state index contributed by atoms with van der Waals surface area (Å²) >= 11 is 0. The molecular formula is C14H15N3O5. The van der Waals surface area contributed by atoms with Gasteiger partial charge in [-0.05, 0) is 12.8 Å². The van der Waals surface area contributed by atoms with Crippen molar-refractivity contribution in [3.8, 4) is 0 Å². The summed E-state index contributed by atoms with van der Waals surface area (Å²) < 4.78 is 11.7. The minimum atomic E-state index is -0.633. The Balaban J connectivity index is 1.77. The van der Waals surface area contributed by atoms with Crippen molar-refractivity contribution >= 4 is 23.5 Å². The molecule has 3 aliphatic heterocycles. The quantitative estimate of drug-likeness (QED) is 0.558. The normalized spacial score (nSPS) is 32.7. The lowest BCUT2D eigenvalue weighted by atomic mass is 9.81. The minimum Gasteiger partial charge on any atom is -0.464 e. The molecule has 0 N–H and O–H groups in total. The molecule has 2 bridgehead atoms. The Morgan fingerprint density at radius 2 is 1.86 bits per heavy atom. The Labute approximate surface area is 126 Å². The Hall–Kier alpha value is -2.22. The SMILES string of the molecule is COC(=O)c1c(N2C(=O)[C@@H]3[C@@H](C2=O)[C@H]2CC[C@@H]3O2)cnn1C. The smallest absolute Gasteiger partial charge is 0.358 e. The predicted molar refractivity (Wildman–Crippen MR) is 71.9 cm³/mol. The number of imide groups is 1. The molecule has 2 amide bonds. The van der Waals surface area contributed by atoms with Crippen molar-refractivity contribution in [2.24, 2.45) is 18.9 Å². The Kier molecular flexibility index (Phi) is 2.68. The number of anilines is 1. The zero-order valence-corrected chi connectivity index (χ0v) is 12.2. The molecule has 0 aliphatic carbocycles. The Morgan fingerprint density at radius 3 is 2.41 bits per heavy atom. The van der Waals surface area contributed by atoms with Crippen LogP contribution in [-0.2, 0) is 26.1 Å². The van der Waals surface area contributed by atoms with E-state index in [1.165, 1.54) is 18.0 Å². The molecule has 3 fully saturated rings. The zero-order chi connectivity index (χ0) is 15.6. The monoisotopic (exact) mass is 305 g/mol. The summed E-state index contributed by atoms with van der Waals surface area (Å²) in [5.41, 5.74) is 0.288. The van der Waals surface area contributed by atoms with Gasteiger partial charge in [-0.1, -0.05) is 0 Å². The second-order valence-corrected chi connectivity index (χ2v) is 5.85. The van der Waals surface area contributed by atoms with Crippen LogP contribution in [0.4, 0.5) is 5.69 Å². The van der Waals surface area contributed by atoms with E-state index in [2.05, 4.69) is 5.10 Å². The number of aromatic nitrogens is 2. The molecular weight excluding hydrogens is 290 g/mol. The largest absolute Gasteiger partial charge is 0.464 e. The summed E-state index contributed by atoms with van der Waals surface area (Å²) in [5.74, 6) is -2.11. The van der Waals surface area contributed by atoms with Gasteiger partial charge in [0.05, 0.1) is 37.4 Å². The zero-order valence-electron chi connectivity index (χ0n) is 12.2. The van der Waals surface area contributed by atoms with Crippen molar-refractivity contribution in [2.45, 2.75) is 25.0 Å². The maximum atomic E-state index is 12.7. The fourth-order valence-electron chi connectivity index (χ4n) is 3.87. The molecule has 0 radical (unpaired) electrons. The van der Waals surface area contributed by atoms with Crippen LogP contribution < -0.4 is 4.90 Å². The van der Waals surface area contributed by atoms with Crippen LogP contribution in [0.25, 0.3) is 0 Å². The number of fused-ring (bicyclic) bond motifs is 5. The van der Waals surface area contributed by atoms with Crippen LogP contribution in [0.5, 0.6) is 0 Å². The first-order chi connectivity index (χ1) is 10.5. The number of carbonyl (C=O) groups is 3. The number of rotatable bonds is 2. The molecule has 116 valence electrons. The maximum Gasteiger partial charge on any atom is 0.358 e. The van der Waals surface area contributed by atoms with E-state index in [1.807, 2.05) is 0 Å². The third-order valence-electron chi connectivity index (χ3n) is 4.82. The van der Waals surface area contributed by atoms with Gasteiger partial charge in [0.15, 0.2) is 5.69 Å². The fourth-order valence-corrected chi connectivity index (χ4v) is 3.87. The Morgan fingerprint density at radius 1 is 1.27 bits per heavy atom. The summed E-state index contributed by atoms with van der Waals surface area (Å²) in [6.45, 7) is 0. The van der Waals surface area contributed by atoms with E-state index in [4.69, 9.17) is 9.47 Å². The molecule has 4 atom stereocenters. The van der Waals surface area contributed by atoms with Crippen LogP contribution in [0, 0.1) is 11.8 Å². The van der Waals surface area contributed by atoms with Gasteiger partial charge in [-0.2, -0.15) is 5.10 Å². The summed E-state index contributed by atoms with van der Waals surface area (Å²) in [7, 11) is 2.81. The van der Waals surface area contributed by atoms with E-state index in [0.717, 1.165) is 17.7 Å². The lowest BCUT2D eigenvalue weighted by Gasteiger charge is -2.17. The van der Waals surface area contributed by atoms with Crippen molar-refractivity contribution in [3.63, 3.8) is 0 Å². The first kappa shape index (κ1) is 13.4. The van der Waals surface area contributed by atoms with Gasteiger partial charge in [-0.3, -0.25) is 14.3 Å². The van der Waals surface area contributed by atoms with Crippen molar-refractivity contribution in [1.29, 1.82) is 0 Å². The van der Waals surface area contributed by atoms with Crippen molar-refractivity contribution in [1.82, 2.24) is 9.78 Å². The number of amides is 2. The first-order valence-electron chi connectivity index (χ1n) is 7.18. The lowest BCUT2D eigenvalue weighted by Crippen LogP contribution is -2.35. The molecule has 22 heavy (non-hydrogen) atoms. The van der Waals surface area contributed by atoms with E-state index < -0.39 is 17.8 Å². The second kappa shape index (κ2) is 4.39. The van der Waals surface area contributed by atoms with E-state index in [-0.39, 0.29) is 35.4 Å². The van der Waals surface area contributed by atoms with Gasteiger partial charge in [0.1, 0.15) is 5.69 Å². The number of hydrogen-bond acceptors (Lipinski definition) is 6. The number of esters is 1. The van der Waals surface area contributed by atoms with Gasteiger partial charge in [0.25, 0.3) is 0 Å². The van der Waals surface area contributed by atoms with Gasteiger partial charge in [0, 0.05) is 7.05 Å². The summed E-state index contributed by atoms with van der Waals surface area (Å²) in [6, 6.07) is 0. The van der Waals surface area contributed by atoms with Crippen LogP contribution in [0.3, 0.4) is 0 Å². The van der Waals surface area contributed by atoms with E-state index in [1.54, 1.807) is 7.05 Å². The highest BCUT2D eigenvalue weighted by molar-refractivity contribution is 6.24. The van der Waals surface area contributed by atoms with Gasteiger partial charge >= 0.3 is 5.97 Å². The second-order valence-electron chi connectivity index (χ2n) is 5.85. The third-order valence-corrected chi connectivity index (χ3v) is 4.82. The molecule has 0 aromatic carbocycles. The van der Waals surface area contributed by atoms with Gasteiger partial charge in [-0.15, -0.1) is 0 Å². The lowest BCUT2D eigenvalue weighted by molar-refractivity contribution is -0.124. The number of aryl methyl sites for hydroxylation is 1. The molecule has 4 heterocycles. The molecule has 3 aliphatic rings. The molecule has 0 unspecified atom stereocenters. The number of methoxy groups -OCH3 is 1. The molecule has 0 saturated carbocycles. The minimum absolute atomic E-state index is 0.0949. The van der Waals surface area contributed by atoms with Crippen LogP contribution in [0.1, 0.15) is 23.3 Å². The number of carbonyl (C=O) groups excluding carboxylic acids is 3. The summed E-state index contributed by atoms with van der Waals surface area (Å²) in [4.78, 5) is 38.4. The van der Waals surface area contributed by atoms with E-state index in [0.29, 0.717) is 0 Å². The van der Waals surface area contributed by atoms with Crippen molar-refractivity contribution < 1.29 is 23.9 Å². The molecule has 8 heteroatoms. The topological polar surface area (TPSA) is 90.7 Å². The predicted octanol–water partition coefficient (Wildman–Crippen LogP) is -0.127. The van der Waals surface area contributed by atoms with Crippen molar-refractivity contribution in [2.75, 3.05) is 12.0 Å². The fraction of sp³-hybridized carbons (Fsp3) is 0.571. The number of hydrogen-bond donors (Lipinski definition) is 0. The van der Waals surface area contributed by atoms with Crippen LogP contribution >= 0.6 is 0 Å². The average molecular weight is 305 g/mol. The highest BCUT2D eigenvalue weighted by Gasteiger charge is 2.63. The van der Waals surface area contributed by atoms with Gasteiger partial charge < -0.3 is 9.47 Å². The first-order valence-corrected chi connectivity index (χ1v) is 7.18. The Bertz CT molecular complexity index is 669. The van der Waals surface area contributed by atoms with E-state index in [9.17, 15) is 14.4 Å². The van der Waals surface area contributed by atoms with Gasteiger partial charge in [-0.25, -0.2) is 9.69 Å². The molecule has 8 nitrogen and oxygen atoms in total.